The van der Waals surface area contributed by atoms with Crippen LogP contribution in [0, 0.1) is 17.3 Å². The van der Waals surface area contributed by atoms with E-state index in [4.69, 9.17) is 0 Å². The van der Waals surface area contributed by atoms with Gasteiger partial charge in [0.25, 0.3) is 0 Å². The standard InChI is InChI=1S/C20H25BrO/c1-20-10-8-16-15-4-2-13(9-11-21)12-14(15)3-5-17(16)18(20)6-7-19(20)22/h2,4,12,16-18H,3,5-11H2,1H3/t16-,17-,18+,20+/m1/s1. The highest BCUT2D eigenvalue weighted by atomic mass is 79.9. The first-order valence-corrected chi connectivity index (χ1v) is 9.96. The highest BCUT2D eigenvalue weighted by Crippen LogP contribution is 2.59. The molecule has 0 saturated heterocycles. The van der Waals surface area contributed by atoms with Crippen LogP contribution in [0.15, 0.2) is 18.2 Å². The van der Waals surface area contributed by atoms with Crippen LogP contribution in [-0.2, 0) is 17.6 Å². The van der Waals surface area contributed by atoms with E-state index < -0.39 is 0 Å². The fourth-order valence-corrected chi connectivity index (χ4v) is 6.13. The van der Waals surface area contributed by atoms with Crippen LogP contribution < -0.4 is 0 Å². The van der Waals surface area contributed by atoms with Crippen molar-refractivity contribution in [2.75, 3.05) is 5.33 Å². The summed E-state index contributed by atoms with van der Waals surface area (Å²) in [6, 6.07) is 7.18. The fraction of sp³-hybridized carbons (Fsp3) is 0.650. The molecule has 0 N–H and O–H groups in total. The fourth-order valence-electron chi connectivity index (χ4n) is 5.67. The Morgan fingerprint density at radius 2 is 2.09 bits per heavy atom. The molecule has 22 heavy (non-hydrogen) atoms. The molecule has 1 aromatic rings. The minimum Gasteiger partial charge on any atom is -0.299 e. The highest BCUT2D eigenvalue weighted by Gasteiger charge is 2.54. The number of alkyl halides is 1. The van der Waals surface area contributed by atoms with Crippen LogP contribution in [0.2, 0.25) is 0 Å². The second kappa shape index (κ2) is 5.47. The lowest BCUT2D eigenvalue weighted by Crippen LogP contribution is -2.42. The van der Waals surface area contributed by atoms with Gasteiger partial charge in [-0.05, 0) is 73.0 Å². The maximum absolute atomic E-state index is 12.4. The number of benzene rings is 1. The van der Waals surface area contributed by atoms with Crippen molar-refractivity contribution in [3.8, 4) is 0 Å². The summed E-state index contributed by atoms with van der Waals surface area (Å²) in [5, 5.41) is 1.04. The monoisotopic (exact) mass is 360 g/mol. The number of carbonyl (C=O) groups excluding carboxylic acids is 1. The van der Waals surface area contributed by atoms with Crippen molar-refractivity contribution >= 4 is 21.7 Å². The van der Waals surface area contributed by atoms with Gasteiger partial charge in [0.2, 0.25) is 0 Å². The summed E-state index contributed by atoms with van der Waals surface area (Å²) >= 11 is 3.55. The third kappa shape index (κ3) is 2.13. The zero-order valence-electron chi connectivity index (χ0n) is 13.4. The highest BCUT2D eigenvalue weighted by molar-refractivity contribution is 9.09. The normalized spacial score (nSPS) is 36.6. The largest absolute Gasteiger partial charge is 0.299 e. The van der Waals surface area contributed by atoms with Crippen molar-refractivity contribution < 1.29 is 4.79 Å². The van der Waals surface area contributed by atoms with E-state index in [9.17, 15) is 4.79 Å². The molecule has 0 aliphatic heterocycles. The summed E-state index contributed by atoms with van der Waals surface area (Å²) in [4.78, 5) is 12.4. The number of rotatable bonds is 2. The van der Waals surface area contributed by atoms with Gasteiger partial charge in [-0.2, -0.15) is 0 Å². The number of carbonyl (C=O) groups is 1. The molecule has 3 aliphatic rings. The molecule has 118 valence electrons. The van der Waals surface area contributed by atoms with Crippen LogP contribution in [-0.4, -0.2) is 11.1 Å². The molecule has 0 bridgehead atoms. The Hall–Kier alpha value is -0.630. The van der Waals surface area contributed by atoms with E-state index >= 15 is 0 Å². The lowest BCUT2D eigenvalue weighted by molar-refractivity contribution is -0.129. The van der Waals surface area contributed by atoms with Gasteiger partial charge in [0.1, 0.15) is 5.78 Å². The maximum Gasteiger partial charge on any atom is 0.139 e. The molecule has 4 rings (SSSR count). The Morgan fingerprint density at radius 1 is 1.23 bits per heavy atom. The number of aryl methyl sites for hydroxylation is 2. The lowest BCUT2D eigenvalue weighted by atomic mass is 9.55. The first kappa shape index (κ1) is 14.9. The van der Waals surface area contributed by atoms with Gasteiger partial charge in [0, 0.05) is 17.2 Å². The van der Waals surface area contributed by atoms with Crippen LogP contribution in [0.4, 0.5) is 0 Å². The van der Waals surface area contributed by atoms with Crippen molar-refractivity contribution in [3.63, 3.8) is 0 Å². The number of Topliss-reactive ketones (excluding diaryl/α,β-unsaturated/α-hetero) is 1. The third-order valence-electron chi connectivity index (χ3n) is 6.88. The van der Waals surface area contributed by atoms with Crippen molar-refractivity contribution in [3.05, 3.63) is 34.9 Å². The molecule has 0 unspecified atom stereocenters. The Labute approximate surface area is 142 Å². The number of fused-ring (bicyclic) bond motifs is 5. The summed E-state index contributed by atoms with van der Waals surface area (Å²) in [5.41, 5.74) is 4.67. The van der Waals surface area contributed by atoms with Gasteiger partial charge in [-0.3, -0.25) is 4.79 Å². The predicted octanol–water partition coefficient (Wildman–Crippen LogP) is 5.05. The summed E-state index contributed by atoms with van der Waals surface area (Å²) in [6.07, 6.45) is 7.94. The van der Waals surface area contributed by atoms with E-state index in [1.165, 1.54) is 24.8 Å². The second-order valence-corrected chi connectivity index (χ2v) is 8.60. The van der Waals surface area contributed by atoms with Gasteiger partial charge in [0.15, 0.2) is 0 Å². The quantitative estimate of drug-likeness (QED) is 0.674. The van der Waals surface area contributed by atoms with E-state index in [0.29, 0.717) is 17.6 Å². The summed E-state index contributed by atoms with van der Waals surface area (Å²) in [6.45, 7) is 2.26. The summed E-state index contributed by atoms with van der Waals surface area (Å²) in [7, 11) is 0. The van der Waals surface area contributed by atoms with Crippen LogP contribution in [0.3, 0.4) is 0 Å². The van der Waals surface area contributed by atoms with Gasteiger partial charge < -0.3 is 0 Å². The van der Waals surface area contributed by atoms with Crippen molar-refractivity contribution in [2.24, 2.45) is 17.3 Å². The van der Waals surface area contributed by atoms with E-state index in [1.54, 1.807) is 11.1 Å². The van der Waals surface area contributed by atoms with Gasteiger partial charge in [0.05, 0.1) is 0 Å². The third-order valence-corrected chi connectivity index (χ3v) is 7.28. The second-order valence-electron chi connectivity index (χ2n) is 7.81. The molecule has 0 radical (unpaired) electrons. The summed E-state index contributed by atoms with van der Waals surface area (Å²) in [5.74, 6) is 2.66. The maximum atomic E-state index is 12.4. The van der Waals surface area contributed by atoms with Gasteiger partial charge >= 0.3 is 0 Å². The topological polar surface area (TPSA) is 17.1 Å². The predicted molar refractivity (Wildman–Crippen MR) is 93.6 cm³/mol. The molecule has 1 aromatic carbocycles. The Bertz CT molecular complexity index is 608. The molecular weight excluding hydrogens is 336 g/mol. The van der Waals surface area contributed by atoms with E-state index in [1.807, 2.05) is 0 Å². The SMILES string of the molecule is C[C@]12CC[C@@H]3c4ccc(CCBr)cc4CC[C@H]3[C@@H]1CCC2=O. The molecule has 4 atom stereocenters. The molecule has 0 spiro atoms. The van der Waals surface area contributed by atoms with E-state index in [-0.39, 0.29) is 5.41 Å². The number of ketones is 1. The Balaban J connectivity index is 1.66. The van der Waals surface area contributed by atoms with Crippen LogP contribution in [0.25, 0.3) is 0 Å². The van der Waals surface area contributed by atoms with Gasteiger partial charge in [-0.15, -0.1) is 0 Å². The molecule has 2 fully saturated rings. The van der Waals surface area contributed by atoms with Crippen molar-refractivity contribution in [1.82, 2.24) is 0 Å². The van der Waals surface area contributed by atoms with Gasteiger partial charge in [-0.25, -0.2) is 0 Å². The van der Waals surface area contributed by atoms with Gasteiger partial charge in [-0.1, -0.05) is 41.1 Å². The van der Waals surface area contributed by atoms with E-state index in [2.05, 4.69) is 41.1 Å². The molecule has 0 heterocycles. The molecule has 2 heteroatoms. The zero-order chi connectivity index (χ0) is 15.3. The number of hydrogen-bond acceptors (Lipinski definition) is 1. The minimum absolute atomic E-state index is 0.00851. The van der Waals surface area contributed by atoms with Crippen molar-refractivity contribution in [2.45, 2.75) is 57.8 Å². The first-order valence-electron chi connectivity index (χ1n) is 8.84. The van der Waals surface area contributed by atoms with Crippen molar-refractivity contribution in [1.29, 1.82) is 0 Å². The first-order chi connectivity index (χ1) is 10.6. The van der Waals surface area contributed by atoms with E-state index in [0.717, 1.165) is 36.9 Å². The zero-order valence-corrected chi connectivity index (χ0v) is 15.0. The molecule has 1 nitrogen and oxygen atoms in total. The summed E-state index contributed by atoms with van der Waals surface area (Å²) < 4.78 is 0. The number of hydrogen-bond donors (Lipinski definition) is 0. The molecular formula is C20H25BrO. The minimum atomic E-state index is 0.00851. The van der Waals surface area contributed by atoms with Crippen LogP contribution in [0.1, 0.15) is 61.6 Å². The Kier molecular flexibility index (Phi) is 3.71. The van der Waals surface area contributed by atoms with Crippen LogP contribution >= 0.6 is 15.9 Å². The van der Waals surface area contributed by atoms with Crippen LogP contribution in [0.5, 0.6) is 0 Å². The smallest absolute Gasteiger partial charge is 0.139 e. The Morgan fingerprint density at radius 3 is 2.91 bits per heavy atom. The molecule has 3 aliphatic carbocycles. The molecule has 2 saturated carbocycles. The number of halogens is 1. The molecule has 0 amide bonds. The lowest BCUT2D eigenvalue weighted by Gasteiger charge is -2.48. The average molecular weight is 361 g/mol. The average Bonchev–Trinajstić information content (AvgIpc) is 2.83. The molecule has 0 aromatic heterocycles.